The number of aromatic nitrogens is 6. The van der Waals surface area contributed by atoms with Crippen molar-refractivity contribution in [2.45, 2.75) is 70.0 Å². The van der Waals surface area contributed by atoms with Gasteiger partial charge in [0.25, 0.3) is 0 Å². The lowest BCUT2D eigenvalue weighted by molar-refractivity contribution is -0.337. The van der Waals surface area contributed by atoms with E-state index < -0.39 is 36.6 Å². The van der Waals surface area contributed by atoms with Crippen molar-refractivity contribution in [1.29, 1.82) is 0 Å². The number of carbonyl (C=O) groups excluding carboxylic acids is 1. The number of hydrogen-bond acceptors (Lipinski definition) is 11. The minimum Gasteiger partial charge on any atom is -0.547 e. The number of aliphatic hydroxyl groups is 4. The number of aryl methyl sites for hydroxylation is 1. The fraction of sp³-hybridized carbons (Fsp3) is 0.393. The van der Waals surface area contributed by atoms with Crippen LogP contribution < -0.4 is 5.11 Å². The van der Waals surface area contributed by atoms with Gasteiger partial charge in [-0.3, -0.25) is 0 Å². The Morgan fingerprint density at radius 2 is 1.76 bits per heavy atom. The maximum absolute atomic E-state index is 11.5. The van der Waals surface area contributed by atoms with Crippen LogP contribution in [0, 0.1) is 0 Å². The molecule has 4 aromatic rings. The van der Waals surface area contributed by atoms with Gasteiger partial charge in [-0.15, -0.1) is 5.10 Å². The summed E-state index contributed by atoms with van der Waals surface area (Å²) in [6, 6.07) is 14.9. The van der Waals surface area contributed by atoms with E-state index in [0.29, 0.717) is 23.0 Å². The molecule has 5 rings (SSSR count). The van der Waals surface area contributed by atoms with Crippen molar-refractivity contribution in [2.75, 3.05) is 0 Å². The normalized spacial score (nSPS) is 22.4. The summed E-state index contributed by atoms with van der Waals surface area (Å²) in [5, 5.41) is 64.2. The highest BCUT2D eigenvalue weighted by atomic mass is 35.5. The fourth-order valence-electron chi connectivity index (χ4n) is 5.07. The quantitative estimate of drug-likeness (QED) is 0.199. The maximum Gasteiger partial charge on any atom is 0.185 e. The Kier molecular flexibility index (Phi) is 8.96. The lowest BCUT2D eigenvalue weighted by Crippen LogP contribution is -2.60. The standard InChI is InChI=1S/C28H31ClN6O7/c1-2-3-8-20-30-25(29)19(14-36)34(20)13-15-9-11-16(12-10-15)17-6-4-5-7-18(17)26-31-32-33-35(26)27-23(39)21(37)22(38)24(42-27)28(40)41/h4-7,9-12,21-24,27,36-39H,2-3,8,13-14H2,1H3,(H,40,41)/p-1/t21-,22-,23+,24-,27+/m0/s1. The number of benzene rings is 2. The molecule has 2 aromatic carbocycles. The first-order chi connectivity index (χ1) is 20.2. The van der Waals surface area contributed by atoms with E-state index >= 15 is 0 Å². The van der Waals surface area contributed by atoms with E-state index in [1.165, 1.54) is 0 Å². The topological polar surface area (TPSA) is 192 Å². The SMILES string of the molecule is CCCCc1nc(Cl)c(CO)n1Cc1ccc(-c2ccccc2-c2nnnn2[C@@H]2O[C@H](C(=O)[O-])[C@@H](O)[C@H](O)[C@H]2O)cc1. The summed E-state index contributed by atoms with van der Waals surface area (Å²) >= 11 is 6.29. The second-order valence-electron chi connectivity index (χ2n) is 10.0. The second-order valence-corrected chi connectivity index (χ2v) is 10.4. The number of carboxylic acid groups (broad SMARTS) is 1. The van der Waals surface area contributed by atoms with Crippen LogP contribution in [0.2, 0.25) is 5.15 Å². The van der Waals surface area contributed by atoms with E-state index in [1.54, 1.807) is 12.1 Å². The van der Waals surface area contributed by atoms with Gasteiger partial charge in [-0.1, -0.05) is 73.5 Å². The van der Waals surface area contributed by atoms with Gasteiger partial charge in [0, 0.05) is 18.5 Å². The molecule has 0 bridgehead atoms. The van der Waals surface area contributed by atoms with E-state index in [2.05, 4.69) is 27.4 Å². The highest BCUT2D eigenvalue weighted by molar-refractivity contribution is 6.30. The van der Waals surface area contributed by atoms with Gasteiger partial charge in [0.05, 0.1) is 18.3 Å². The number of hydrogen-bond donors (Lipinski definition) is 4. The molecule has 0 spiro atoms. The van der Waals surface area contributed by atoms with Crippen LogP contribution in [0.4, 0.5) is 0 Å². The zero-order valence-electron chi connectivity index (χ0n) is 22.6. The largest absolute Gasteiger partial charge is 0.547 e. The zero-order chi connectivity index (χ0) is 30.0. The molecule has 1 aliphatic rings. The van der Waals surface area contributed by atoms with Crippen LogP contribution in [0.15, 0.2) is 48.5 Å². The maximum atomic E-state index is 11.5. The molecule has 1 aliphatic heterocycles. The smallest absolute Gasteiger partial charge is 0.185 e. The molecule has 1 saturated heterocycles. The Labute approximate surface area is 245 Å². The van der Waals surface area contributed by atoms with Gasteiger partial charge < -0.3 is 39.6 Å². The highest BCUT2D eigenvalue weighted by Crippen LogP contribution is 2.35. The predicted octanol–water partition coefficient (Wildman–Crippen LogP) is 0.470. The summed E-state index contributed by atoms with van der Waals surface area (Å²) in [4.78, 5) is 15.9. The average Bonchev–Trinajstić information content (AvgIpc) is 3.59. The van der Waals surface area contributed by atoms with E-state index in [9.17, 15) is 30.3 Å². The summed E-state index contributed by atoms with van der Waals surface area (Å²) in [5.41, 5.74) is 3.61. The van der Waals surface area contributed by atoms with Crippen molar-refractivity contribution in [1.82, 2.24) is 29.8 Å². The Hall–Kier alpha value is -3.72. The van der Waals surface area contributed by atoms with Crippen LogP contribution >= 0.6 is 11.6 Å². The molecule has 0 radical (unpaired) electrons. The average molecular weight is 598 g/mol. The van der Waals surface area contributed by atoms with Crippen molar-refractivity contribution >= 4 is 17.6 Å². The van der Waals surface area contributed by atoms with Crippen molar-refractivity contribution < 1.29 is 35.1 Å². The third kappa shape index (κ3) is 5.67. The lowest BCUT2D eigenvalue weighted by atomic mass is 9.96. The van der Waals surface area contributed by atoms with Gasteiger partial charge in [0.2, 0.25) is 0 Å². The summed E-state index contributed by atoms with van der Waals surface area (Å²) in [5.74, 6) is -0.798. The molecular weight excluding hydrogens is 568 g/mol. The third-order valence-electron chi connectivity index (χ3n) is 7.33. The lowest BCUT2D eigenvalue weighted by Gasteiger charge is -2.40. The number of rotatable bonds is 10. The van der Waals surface area contributed by atoms with Gasteiger partial charge in [0.1, 0.15) is 30.2 Å². The molecule has 0 amide bonds. The number of tetrazole rings is 1. The van der Waals surface area contributed by atoms with Crippen molar-refractivity contribution in [3.63, 3.8) is 0 Å². The number of nitrogens with zero attached hydrogens (tertiary/aromatic N) is 6. The molecule has 0 aliphatic carbocycles. The van der Waals surface area contributed by atoms with Gasteiger partial charge >= 0.3 is 0 Å². The number of carbonyl (C=O) groups is 1. The number of unbranched alkanes of at least 4 members (excludes halogenated alkanes) is 1. The monoisotopic (exact) mass is 597 g/mol. The Bertz CT molecular complexity index is 1540. The van der Waals surface area contributed by atoms with Crippen molar-refractivity contribution in [3.05, 3.63) is 70.8 Å². The molecule has 13 nitrogen and oxygen atoms in total. The number of halogens is 1. The molecule has 0 unspecified atom stereocenters. The van der Waals surface area contributed by atoms with Gasteiger partial charge in [-0.2, -0.15) is 4.68 Å². The van der Waals surface area contributed by atoms with Crippen molar-refractivity contribution in [2.24, 2.45) is 0 Å². The molecule has 4 N–H and O–H groups in total. The Morgan fingerprint density at radius 3 is 2.43 bits per heavy atom. The van der Waals surface area contributed by atoms with Crippen LogP contribution in [-0.2, 0) is 29.1 Å². The minimum atomic E-state index is -1.91. The number of imidazole rings is 1. The molecular formula is C28H30ClN6O7-. The van der Waals surface area contributed by atoms with Crippen LogP contribution in [0.5, 0.6) is 0 Å². The van der Waals surface area contributed by atoms with Crippen LogP contribution in [0.3, 0.4) is 0 Å². The molecule has 3 heterocycles. The number of carboxylic acids is 1. The number of aliphatic carboxylic acids is 1. The fourth-order valence-corrected chi connectivity index (χ4v) is 5.33. The zero-order valence-corrected chi connectivity index (χ0v) is 23.4. The predicted molar refractivity (Wildman–Crippen MR) is 147 cm³/mol. The first-order valence-electron chi connectivity index (χ1n) is 13.5. The second kappa shape index (κ2) is 12.7. The van der Waals surface area contributed by atoms with Gasteiger partial charge in [0.15, 0.2) is 17.2 Å². The van der Waals surface area contributed by atoms with Crippen LogP contribution in [0.25, 0.3) is 22.5 Å². The summed E-state index contributed by atoms with van der Waals surface area (Å²) < 4.78 is 8.40. The molecule has 14 heteroatoms. The highest BCUT2D eigenvalue weighted by Gasteiger charge is 2.46. The first kappa shape index (κ1) is 29.8. The summed E-state index contributed by atoms with van der Waals surface area (Å²) in [7, 11) is 0. The number of aliphatic hydroxyl groups excluding tert-OH is 4. The van der Waals surface area contributed by atoms with E-state index in [-0.39, 0.29) is 12.4 Å². The molecule has 42 heavy (non-hydrogen) atoms. The van der Waals surface area contributed by atoms with Crippen LogP contribution in [0.1, 0.15) is 43.1 Å². The Morgan fingerprint density at radius 1 is 1.05 bits per heavy atom. The van der Waals surface area contributed by atoms with E-state index in [4.69, 9.17) is 16.3 Å². The van der Waals surface area contributed by atoms with E-state index in [1.807, 2.05) is 41.0 Å². The van der Waals surface area contributed by atoms with Crippen molar-refractivity contribution in [3.8, 4) is 22.5 Å². The third-order valence-corrected chi connectivity index (χ3v) is 7.64. The van der Waals surface area contributed by atoms with E-state index in [0.717, 1.165) is 46.5 Å². The summed E-state index contributed by atoms with van der Waals surface area (Å²) in [6.07, 6.45) is -6.20. The van der Waals surface area contributed by atoms with Crippen LogP contribution in [-0.4, -0.2) is 80.6 Å². The molecule has 5 atom stereocenters. The molecule has 0 saturated carbocycles. The molecule has 2 aromatic heterocycles. The first-order valence-corrected chi connectivity index (χ1v) is 13.8. The molecule has 222 valence electrons. The molecule has 1 fully saturated rings. The Balaban J connectivity index is 1.45. The number of ether oxygens (including phenoxy) is 1. The minimum absolute atomic E-state index is 0.139. The van der Waals surface area contributed by atoms with Gasteiger partial charge in [-0.05, 0) is 33.5 Å². The summed E-state index contributed by atoms with van der Waals surface area (Å²) in [6.45, 7) is 2.34. The van der Waals surface area contributed by atoms with Gasteiger partial charge in [-0.25, -0.2) is 4.98 Å².